The second-order valence-electron chi connectivity index (χ2n) is 4.10. The van der Waals surface area contributed by atoms with Gasteiger partial charge in [-0.25, -0.2) is 0 Å². The fraction of sp³-hybridized carbons (Fsp3) is 0.167. The van der Waals surface area contributed by atoms with Crippen molar-refractivity contribution in [2.75, 3.05) is 7.05 Å². The van der Waals surface area contributed by atoms with Crippen LogP contribution in [-0.2, 0) is 4.79 Å². The number of thioether (sulfide) groups is 1. The first-order valence-electron chi connectivity index (χ1n) is 5.83. The Morgan fingerprint density at radius 3 is 2.95 bits per heavy atom. The summed E-state index contributed by atoms with van der Waals surface area (Å²) in [4.78, 5) is 21.7. The Morgan fingerprint density at radius 2 is 2.30 bits per heavy atom. The Balaban J connectivity index is 1.89. The molecular formula is C12H11N5OS2. The maximum atomic E-state index is 12.1. The van der Waals surface area contributed by atoms with Crippen LogP contribution >= 0.6 is 23.1 Å². The monoisotopic (exact) mass is 305 g/mol. The van der Waals surface area contributed by atoms with Crippen molar-refractivity contribution in [2.45, 2.75) is 6.92 Å². The molecule has 0 atom stereocenters. The number of H-pyrrole nitrogens is 1. The average Bonchev–Trinajstić information content (AvgIpc) is 3.11. The number of aliphatic imine (C=N–C) groups is 1. The minimum Gasteiger partial charge on any atom is -0.362 e. The Bertz CT molecular complexity index is 701. The minimum absolute atomic E-state index is 0.0652. The number of nitrogens with zero attached hydrogens (tertiary/aromatic N) is 4. The SMILES string of the molecule is Cc1nnc(/N=C2/S/C(=C/c3ccc[nH]3)C(=O)N2C)s1. The van der Waals surface area contributed by atoms with Crippen LogP contribution in [0.4, 0.5) is 5.13 Å². The minimum atomic E-state index is -0.0652. The number of aromatic nitrogens is 3. The summed E-state index contributed by atoms with van der Waals surface area (Å²) in [5.74, 6) is -0.0652. The molecule has 3 heterocycles. The van der Waals surface area contributed by atoms with E-state index in [1.54, 1.807) is 7.05 Å². The molecule has 102 valence electrons. The molecule has 1 N–H and O–H groups in total. The second-order valence-corrected chi connectivity index (χ2v) is 6.27. The van der Waals surface area contributed by atoms with Crippen molar-refractivity contribution in [1.29, 1.82) is 0 Å². The van der Waals surface area contributed by atoms with E-state index in [1.807, 2.05) is 31.3 Å². The lowest BCUT2D eigenvalue weighted by molar-refractivity contribution is -0.121. The normalized spacial score (nSPS) is 19.5. The number of amides is 1. The lowest BCUT2D eigenvalue weighted by Gasteiger charge is -2.05. The van der Waals surface area contributed by atoms with Crippen LogP contribution in [0, 0.1) is 6.92 Å². The summed E-state index contributed by atoms with van der Waals surface area (Å²) in [7, 11) is 1.71. The Labute approximate surface area is 123 Å². The van der Waals surface area contributed by atoms with Crippen molar-refractivity contribution in [3.05, 3.63) is 33.9 Å². The van der Waals surface area contributed by atoms with E-state index in [4.69, 9.17) is 0 Å². The van der Waals surface area contributed by atoms with E-state index in [2.05, 4.69) is 20.2 Å². The van der Waals surface area contributed by atoms with Crippen LogP contribution in [0.1, 0.15) is 10.7 Å². The largest absolute Gasteiger partial charge is 0.362 e. The first-order valence-corrected chi connectivity index (χ1v) is 7.46. The smallest absolute Gasteiger partial charge is 0.266 e. The van der Waals surface area contributed by atoms with Crippen molar-refractivity contribution < 1.29 is 4.79 Å². The zero-order chi connectivity index (χ0) is 14.1. The third-order valence-electron chi connectivity index (χ3n) is 2.62. The lowest BCUT2D eigenvalue weighted by Crippen LogP contribution is -2.23. The standard InChI is InChI=1S/C12H11N5OS2/c1-7-15-16-11(19-7)14-12-17(2)10(18)9(20-12)6-8-4-3-5-13-8/h3-6,13H,1-2H3/b9-6+,14-12+. The molecule has 0 radical (unpaired) electrons. The van der Waals surface area contributed by atoms with Gasteiger partial charge in [-0.2, -0.15) is 4.99 Å². The van der Waals surface area contributed by atoms with E-state index in [1.165, 1.54) is 28.0 Å². The lowest BCUT2D eigenvalue weighted by atomic mass is 10.3. The zero-order valence-corrected chi connectivity index (χ0v) is 12.5. The Morgan fingerprint density at radius 1 is 1.45 bits per heavy atom. The number of aromatic amines is 1. The van der Waals surface area contributed by atoms with Crippen LogP contribution in [-0.4, -0.2) is 38.2 Å². The van der Waals surface area contributed by atoms with Crippen molar-refractivity contribution in [3.63, 3.8) is 0 Å². The van der Waals surface area contributed by atoms with Crippen molar-refractivity contribution in [2.24, 2.45) is 4.99 Å². The highest BCUT2D eigenvalue weighted by Gasteiger charge is 2.30. The van der Waals surface area contributed by atoms with E-state index in [0.29, 0.717) is 15.2 Å². The molecule has 2 aromatic rings. The van der Waals surface area contributed by atoms with Gasteiger partial charge in [0.2, 0.25) is 5.13 Å². The average molecular weight is 305 g/mol. The van der Waals surface area contributed by atoms with Gasteiger partial charge >= 0.3 is 0 Å². The molecule has 0 spiro atoms. The molecule has 6 nitrogen and oxygen atoms in total. The molecule has 2 aromatic heterocycles. The second kappa shape index (κ2) is 5.22. The van der Waals surface area contributed by atoms with Gasteiger partial charge in [-0.15, -0.1) is 10.2 Å². The highest BCUT2D eigenvalue weighted by atomic mass is 32.2. The van der Waals surface area contributed by atoms with E-state index in [-0.39, 0.29) is 5.91 Å². The summed E-state index contributed by atoms with van der Waals surface area (Å²) in [6, 6.07) is 3.79. The van der Waals surface area contributed by atoms with Gasteiger partial charge in [0.1, 0.15) is 5.01 Å². The maximum absolute atomic E-state index is 12.1. The van der Waals surface area contributed by atoms with Gasteiger partial charge in [0, 0.05) is 18.9 Å². The Hall–Kier alpha value is -1.93. The summed E-state index contributed by atoms with van der Waals surface area (Å²) in [5, 5.41) is 9.88. The maximum Gasteiger partial charge on any atom is 0.266 e. The molecule has 1 aliphatic rings. The molecule has 3 rings (SSSR count). The molecule has 1 amide bonds. The van der Waals surface area contributed by atoms with Crippen molar-refractivity contribution in [1.82, 2.24) is 20.1 Å². The van der Waals surface area contributed by atoms with Crippen LogP contribution in [0.25, 0.3) is 6.08 Å². The van der Waals surface area contributed by atoms with Gasteiger partial charge in [-0.1, -0.05) is 11.3 Å². The number of nitrogens with one attached hydrogen (secondary N) is 1. The van der Waals surface area contributed by atoms with Gasteiger partial charge in [0.15, 0.2) is 5.17 Å². The van der Waals surface area contributed by atoms with Crippen molar-refractivity contribution in [3.8, 4) is 0 Å². The van der Waals surface area contributed by atoms with Crippen LogP contribution in [0.5, 0.6) is 0 Å². The molecule has 0 aromatic carbocycles. The fourth-order valence-corrected chi connectivity index (χ4v) is 3.22. The molecule has 0 aliphatic carbocycles. The summed E-state index contributed by atoms with van der Waals surface area (Å²) in [6.45, 7) is 1.87. The number of carbonyl (C=O) groups is 1. The molecule has 0 saturated carbocycles. The first-order chi connectivity index (χ1) is 9.63. The highest BCUT2D eigenvalue weighted by molar-refractivity contribution is 8.18. The van der Waals surface area contributed by atoms with E-state index in [9.17, 15) is 4.79 Å². The molecule has 1 saturated heterocycles. The zero-order valence-electron chi connectivity index (χ0n) is 10.8. The molecule has 1 aliphatic heterocycles. The molecule has 20 heavy (non-hydrogen) atoms. The number of hydrogen-bond acceptors (Lipinski definition) is 6. The Kier molecular flexibility index (Phi) is 3.41. The highest BCUT2D eigenvalue weighted by Crippen LogP contribution is 2.33. The first kappa shape index (κ1) is 13.1. The fourth-order valence-electron chi connectivity index (χ4n) is 1.64. The number of likely N-dealkylation sites (N-methyl/N-ethyl adjacent to an activating group) is 1. The van der Waals surface area contributed by atoms with Gasteiger partial charge in [0.25, 0.3) is 5.91 Å². The number of amidine groups is 1. The number of carbonyl (C=O) groups excluding carboxylic acids is 1. The van der Waals surface area contributed by atoms with Crippen LogP contribution in [0.15, 0.2) is 28.2 Å². The predicted molar refractivity (Wildman–Crippen MR) is 80.9 cm³/mol. The number of hydrogen-bond donors (Lipinski definition) is 1. The molecule has 1 fully saturated rings. The van der Waals surface area contributed by atoms with Gasteiger partial charge in [-0.05, 0) is 36.9 Å². The van der Waals surface area contributed by atoms with Crippen molar-refractivity contribution >= 4 is 45.4 Å². The third-order valence-corrected chi connectivity index (χ3v) is 4.41. The summed E-state index contributed by atoms with van der Waals surface area (Å²) in [6.07, 6.45) is 3.64. The molecular weight excluding hydrogens is 294 g/mol. The summed E-state index contributed by atoms with van der Waals surface area (Å²) in [5.41, 5.74) is 0.891. The van der Waals surface area contributed by atoms with E-state index in [0.717, 1.165) is 10.7 Å². The van der Waals surface area contributed by atoms with Gasteiger partial charge in [0.05, 0.1) is 4.91 Å². The molecule has 8 heteroatoms. The number of aryl methyl sites for hydroxylation is 1. The van der Waals surface area contributed by atoms with Crippen LogP contribution in [0.2, 0.25) is 0 Å². The summed E-state index contributed by atoms with van der Waals surface area (Å²) >= 11 is 2.73. The third kappa shape index (κ3) is 2.52. The topological polar surface area (TPSA) is 74.2 Å². The number of rotatable bonds is 2. The van der Waals surface area contributed by atoms with Gasteiger partial charge in [-0.3, -0.25) is 9.69 Å². The van der Waals surface area contributed by atoms with E-state index < -0.39 is 0 Å². The van der Waals surface area contributed by atoms with Gasteiger partial charge < -0.3 is 4.98 Å². The predicted octanol–water partition coefficient (Wildman–Crippen LogP) is 2.41. The quantitative estimate of drug-likeness (QED) is 0.865. The van der Waals surface area contributed by atoms with Crippen LogP contribution in [0.3, 0.4) is 0 Å². The van der Waals surface area contributed by atoms with Crippen LogP contribution < -0.4 is 0 Å². The van der Waals surface area contributed by atoms with E-state index >= 15 is 0 Å². The summed E-state index contributed by atoms with van der Waals surface area (Å²) < 4.78 is 0. The molecule has 0 unspecified atom stereocenters. The molecule has 0 bridgehead atoms.